The zero-order valence-electron chi connectivity index (χ0n) is 57.3. The van der Waals surface area contributed by atoms with Crippen molar-refractivity contribution < 1.29 is 0 Å². The Kier molecular flexibility index (Phi) is 15.2. The van der Waals surface area contributed by atoms with Crippen molar-refractivity contribution in [2.75, 3.05) is 0 Å². The van der Waals surface area contributed by atoms with Gasteiger partial charge in [0, 0.05) is 92.3 Å². The molecule has 9 heteroatoms. The smallest absolute Gasteiger partial charge is 0.235 e. The van der Waals surface area contributed by atoms with Crippen molar-refractivity contribution in [3.63, 3.8) is 0 Å². The SMILES string of the molecule is c1ccc(-c2ccc(-c3cccc(-c4ccnc(-n5c6ccccc6c6cc(-c7cccc8c7sc7ccccc78)ccc65)n4)c3)cc2)cc1.c1ccc(-c2nc(-c3ccccc3)nc(-c3ccc(-n4c5ccccc5c5cc(-c6ccc7c(c6)c6ccccc6n7-c6ccccc6)ccc54)cc3)n2)cc1. The summed E-state index contributed by atoms with van der Waals surface area (Å²) in [7, 11) is 0. The average Bonchev–Trinajstić information content (AvgIpc) is 1.60. The highest BCUT2D eigenvalue weighted by Gasteiger charge is 2.21. The lowest BCUT2D eigenvalue weighted by Gasteiger charge is -2.11. The van der Waals surface area contributed by atoms with Crippen LogP contribution in [0.1, 0.15) is 0 Å². The van der Waals surface area contributed by atoms with Crippen LogP contribution in [-0.2, 0) is 0 Å². The molecular formula is C97H62N8S. The van der Waals surface area contributed by atoms with Crippen molar-refractivity contribution in [3.8, 4) is 107 Å². The van der Waals surface area contributed by atoms with Crippen LogP contribution in [0.15, 0.2) is 376 Å². The lowest BCUT2D eigenvalue weighted by atomic mass is 9.98. The molecule has 6 aromatic heterocycles. The van der Waals surface area contributed by atoms with E-state index in [4.69, 9.17) is 24.9 Å². The number of benzene rings is 15. The number of para-hydroxylation sites is 4. The predicted octanol–water partition coefficient (Wildman–Crippen LogP) is 25.3. The van der Waals surface area contributed by atoms with Gasteiger partial charge in [-0.15, -0.1) is 11.3 Å². The lowest BCUT2D eigenvalue weighted by molar-refractivity contribution is 0.992. The molecule has 0 fully saturated rings. The molecule has 21 rings (SSSR count). The van der Waals surface area contributed by atoms with Crippen LogP contribution in [0.3, 0.4) is 0 Å². The first-order valence-electron chi connectivity index (χ1n) is 35.7. The third-order valence-corrected chi connectivity index (χ3v) is 21.7. The largest absolute Gasteiger partial charge is 0.309 e. The first-order valence-corrected chi connectivity index (χ1v) is 36.5. The molecular weight excluding hydrogens is 1310 g/mol. The Morgan fingerprint density at radius 1 is 0.217 bits per heavy atom. The second-order valence-corrected chi connectivity index (χ2v) is 27.8. The van der Waals surface area contributed by atoms with Gasteiger partial charge in [0.15, 0.2) is 17.5 Å². The average molecular weight is 1370 g/mol. The fourth-order valence-electron chi connectivity index (χ4n) is 15.4. The lowest BCUT2D eigenvalue weighted by Crippen LogP contribution is -2.01. The zero-order valence-corrected chi connectivity index (χ0v) is 58.1. The van der Waals surface area contributed by atoms with Gasteiger partial charge in [-0.3, -0.25) is 4.57 Å². The number of hydrogen-bond donors (Lipinski definition) is 0. The van der Waals surface area contributed by atoms with Gasteiger partial charge in [0.1, 0.15) is 0 Å². The predicted molar refractivity (Wildman–Crippen MR) is 441 cm³/mol. The highest BCUT2D eigenvalue weighted by Crippen LogP contribution is 2.44. The van der Waals surface area contributed by atoms with Gasteiger partial charge < -0.3 is 9.13 Å². The molecule has 0 bridgehead atoms. The summed E-state index contributed by atoms with van der Waals surface area (Å²) in [4.78, 5) is 24.8. The monoisotopic (exact) mass is 1370 g/mol. The van der Waals surface area contributed by atoms with Crippen LogP contribution < -0.4 is 0 Å². The summed E-state index contributed by atoms with van der Waals surface area (Å²) in [5.74, 6) is 2.60. The molecule has 0 atom stereocenters. The third kappa shape index (κ3) is 11.0. The summed E-state index contributed by atoms with van der Waals surface area (Å²) in [6.07, 6.45) is 1.87. The fourth-order valence-corrected chi connectivity index (χ4v) is 16.7. The van der Waals surface area contributed by atoms with E-state index >= 15 is 0 Å². The van der Waals surface area contributed by atoms with E-state index in [0.717, 1.165) is 67.0 Å². The maximum absolute atomic E-state index is 5.17. The maximum Gasteiger partial charge on any atom is 0.235 e. The Bertz CT molecular complexity index is 6860. The van der Waals surface area contributed by atoms with Crippen LogP contribution in [0.5, 0.6) is 0 Å². The van der Waals surface area contributed by atoms with Crippen LogP contribution in [0.4, 0.5) is 0 Å². The molecule has 15 aromatic carbocycles. The summed E-state index contributed by atoms with van der Waals surface area (Å²) in [6.45, 7) is 0. The summed E-state index contributed by atoms with van der Waals surface area (Å²) < 4.78 is 9.55. The van der Waals surface area contributed by atoms with E-state index in [-0.39, 0.29) is 0 Å². The van der Waals surface area contributed by atoms with Crippen molar-refractivity contribution in [1.82, 2.24) is 38.6 Å². The molecule has 0 N–H and O–H groups in total. The minimum atomic E-state index is 0.639. The Hall–Kier alpha value is -14.0. The van der Waals surface area contributed by atoms with E-state index in [1.54, 1.807) is 0 Å². The Morgan fingerprint density at radius 2 is 0.585 bits per heavy atom. The zero-order chi connectivity index (χ0) is 70.0. The summed E-state index contributed by atoms with van der Waals surface area (Å²) >= 11 is 1.87. The Morgan fingerprint density at radius 3 is 1.16 bits per heavy atom. The van der Waals surface area contributed by atoms with E-state index < -0.39 is 0 Å². The van der Waals surface area contributed by atoms with Gasteiger partial charge in [-0.1, -0.05) is 261 Å². The van der Waals surface area contributed by atoms with Crippen LogP contribution in [-0.4, -0.2) is 38.6 Å². The van der Waals surface area contributed by atoms with Crippen LogP contribution >= 0.6 is 11.3 Å². The molecule has 21 aromatic rings. The molecule has 0 amide bonds. The molecule has 0 aliphatic heterocycles. The van der Waals surface area contributed by atoms with Gasteiger partial charge in [0.05, 0.1) is 38.8 Å². The Balaban J connectivity index is 0.000000141. The topological polar surface area (TPSA) is 79.2 Å². The summed E-state index contributed by atoms with van der Waals surface area (Å²) in [5.41, 5.74) is 23.5. The third-order valence-electron chi connectivity index (χ3n) is 20.5. The molecule has 496 valence electrons. The molecule has 0 saturated carbocycles. The molecule has 8 nitrogen and oxygen atoms in total. The quantitative estimate of drug-likeness (QED) is 0.129. The van der Waals surface area contributed by atoms with Crippen LogP contribution in [0.2, 0.25) is 0 Å². The van der Waals surface area contributed by atoms with E-state index in [0.29, 0.717) is 23.4 Å². The minimum Gasteiger partial charge on any atom is -0.309 e. The molecule has 0 aliphatic carbocycles. The molecule has 0 aliphatic rings. The van der Waals surface area contributed by atoms with E-state index in [1.165, 1.54) is 102 Å². The second kappa shape index (κ2) is 26.1. The fraction of sp³-hybridized carbons (Fsp3) is 0. The van der Waals surface area contributed by atoms with Gasteiger partial charge >= 0.3 is 0 Å². The summed E-state index contributed by atoms with van der Waals surface area (Å²) in [5, 5.41) is 9.92. The number of aromatic nitrogens is 8. The number of nitrogens with zero attached hydrogens (tertiary/aromatic N) is 8. The molecule has 106 heavy (non-hydrogen) atoms. The van der Waals surface area contributed by atoms with Crippen molar-refractivity contribution in [2.24, 2.45) is 0 Å². The van der Waals surface area contributed by atoms with Crippen molar-refractivity contribution in [3.05, 3.63) is 376 Å². The first-order chi connectivity index (χ1) is 52.5. The highest BCUT2D eigenvalue weighted by molar-refractivity contribution is 7.26. The number of thiophene rings is 1. The Labute approximate surface area is 615 Å². The standard InChI is InChI=1S/C51H33N5.C46H29N3S/c1-4-14-34(15-5-1)49-52-50(35-16-6-2-7-17-35)54-51(53-49)36-24-28-40(29-25-36)56-46-23-13-11-21-42(46)44-33-38(27-31-48(44)56)37-26-30-47-43(32-37)41-20-10-12-22-45(41)55(47)39-18-8-3-9-19-39;1-2-10-30(11-3-1)31-20-22-32(23-21-31)33-12-8-13-35(28-33)41-26-27-47-46(48-41)49-42-18-6-4-14-37(42)40-29-34(24-25-43(40)49)36-16-9-17-39-38-15-5-7-19-44(38)50-45(36)39/h1-33H;1-29H. The van der Waals surface area contributed by atoms with E-state index in [9.17, 15) is 0 Å². The van der Waals surface area contributed by atoms with Gasteiger partial charge in [-0.25, -0.2) is 24.9 Å². The van der Waals surface area contributed by atoms with E-state index in [2.05, 4.69) is 311 Å². The van der Waals surface area contributed by atoms with Crippen molar-refractivity contribution >= 4 is 96.9 Å². The normalized spacial score (nSPS) is 11.6. The second-order valence-electron chi connectivity index (χ2n) is 26.7. The van der Waals surface area contributed by atoms with Gasteiger partial charge in [0.25, 0.3) is 0 Å². The maximum atomic E-state index is 5.17. The summed E-state index contributed by atoms with van der Waals surface area (Å²) in [6, 6.07) is 131. The van der Waals surface area contributed by atoms with E-state index in [1.807, 2.05) is 90.3 Å². The number of fused-ring (bicyclic) bond motifs is 12. The first kappa shape index (κ1) is 61.8. The molecule has 6 heterocycles. The van der Waals surface area contributed by atoms with Crippen LogP contribution in [0, 0.1) is 0 Å². The van der Waals surface area contributed by atoms with Crippen molar-refractivity contribution in [1.29, 1.82) is 0 Å². The van der Waals surface area contributed by atoms with Crippen LogP contribution in [0.25, 0.3) is 193 Å². The molecule has 0 radical (unpaired) electrons. The molecule has 0 spiro atoms. The van der Waals surface area contributed by atoms with Crippen molar-refractivity contribution in [2.45, 2.75) is 0 Å². The molecule has 0 saturated heterocycles. The highest BCUT2D eigenvalue weighted by atomic mass is 32.1. The molecule has 0 unspecified atom stereocenters. The number of hydrogen-bond acceptors (Lipinski definition) is 6. The van der Waals surface area contributed by atoms with Gasteiger partial charge in [-0.2, -0.15) is 0 Å². The number of rotatable bonds is 11. The van der Waals surface area contributed by atoms with Gasteiger partial charge in [0.2, 0.25) is 5.95 Å². The van der Waals surface area contributed by atoms with Gasteiger partial charge in [-0.05, 0) is 154 Å². The minimum absolute atomic E-state index is 0.639.